The zero-order valence-electron chi connectivity index (χ0n) is 15.6. The molecule has 0 saturated heterocycles. The van der Waals surface area contributed by atoms with Crippen LogP contribution in [0.25, 0.3) is 0 Å². The molecule has 8 nitrogen and oxygen atoms in total. The van der Waals surface area contributed by atoms with Gasteiger partial charge in [0, 0.05) is 28.9 Å². The standard InChI is InChI=1S/C19H24N2O6/c1-11-4-6-14(7-5-11)20-19(24)13(3)27-18(23)9-15-16(10-21(25)26)12(2)8-17(15)22/h4-7,12-13,15-16H,8-10H2,1-3H3,(H,20,24)/t12-,13+,15+,16-/m1/s1. The molecule has 1 N–H and O–H groups in total. The number of carbonyl (C=O) groups excluding carboxylic acids is 3. The topological polar surface area (TPSA) is 116 Å². The molecule has 0 spiro atoms. The van der Waals surface area contributed by atoms with Crippen molar-refractivity contribution in [2.75, 3.05) is 11.9 Å². The number of nitro groups is 1. The minimum atomic E-state index is -1.04. The van der Waals surface area contributed by atoms with Gasteiger partial charge in [-0.25, -0.2) is 0 Å². The summed E-state index contributed by atoms with van der Waals surface area (Å²) in [4.78, 5) is 46.8. The first-order valence-electron chi connectivity index (χ1n) is 8.89. The molecule has 1 saturated carbocycles. The Bertz CT molecular complexity index is 730. The summed E-state index contributed by atoms with van der Waals surface area (Å²) in [6.45, 7) is 4.78. The molecular weight excluding hydrogens is 352 g/mol. The first-order chi connectivity index (χ1) is 12.7. The lowest BCUT2D eigenvalue weighted by Crippen LogP contribution is -2.32. The van der Waals surface area contributed by atoms with Gasteiger partial charge in [-0.3, -0.25) is 24.5 Å². The number of benzene rings is 1. The molecule has 27 heavy (non-hydrogen) atoms. The van der Waals surface area contributed by atoms with E-state index in [9.17, 15) is 24.5 Å². The highest BCUT2D eigenvalue weighted by atomic mass is 16.6. The minimum absolute atomic E-state index is 0.150. The number of hydrogen-bond acceptors (Lipinski definition) is 6. The molecule has 1 aliphatic carbocycles. The van der Waals surface area contributed by atoms with Gasteiger partial charge >= 0.3 is 5.97 Å². The summed E-state index contributed by atoms with van der Waals surface area (Å²) >= 11 is 0. The van der Waals surface area contributed by atoms with Crippen LogP contribution in [0, 0.1) is 34.8 Å². The van der Waals surface area contributed by atoms with Crippen molar-refractivity contribution < 1.29 is 24.0 Å². The number of aryl methyl sites for hydroxylation is 1. The highest BCUT2D eigenvalue weighted by Crippen LogP contribution is 2.36. The van der Waals surface area contributed by atoms with Crippen molar-refractivity contribution in [3.8, 4) is 0 Å². The second-order valence-corrected chi connectivity index (χ2v) is 7.12. The molecule has 0 aromatic heterocycles. The monoisotopic (exact) mass is 376 g/mol. The van der Waals surface area contributed by atoms with Gasteiger partial charge in [0.15, 0.2) is 6.10 Å². The Morgan fingerprint density at radius 3 is 2.56 bits per heavy atom. The van der Waals surface area contributed by atoms with Crippen molar-refractivity contribution in [2.45, 2.75) is 39.7 Å². The number of carbonyl (C=O) groups is 3. The van der Waals surface area contributed by atoms with E-state index >= 15 is 0 Å². The first kappa shape index (κ1) is 20.5. The first-order valence-corrected chi connectivity index (χ1v) is 8.89. The number of nitrogens with one attached hydrogen (secondary N) is 1. The second-order valence-electron chi connectivity index (χ2n) is 7.12. The number of rotatable bonds is 7. The molecule has 146 valence electrons. The number of nitrogens with zero attached hydrogens (tertiary/aromatic N) is 1. The Morgan fingerprint density at radius 2 is 1.96 bits per heavy atom. The van der Waals surface area contributed by atoms with Crippen molar-refractivity contribution in [2.24, 2.45) is 17.8 Å². The molecule has 2 rings (SSSR count). The van der Waals surface area contributed by atoms with Gasteiger partial charge in [-0.15, -0.1) is 0 Å². The fourth-order valence-corrected chi connectivity index (χ4v) is 3.36. The average Bonchev–Trinajstić information content (AvgIpc) is 2.83. The Hall–Kier alpha value is -2.77. The van der Waals surface area contributed by atoms with Crippen LogP contribution < -0.4 is 5.32 Å². The molecule has 0 unspecified atom stereocenters. The Morgan fingerprint density at radius 1 is 1.33 bits per heavy atom. The summed E-state index contributed by atoms with van der Waals surface area (Å²) in [5.74, 6) is -2.73. The lowest BCUT2D eigenvalue weighted by atomic mass is 9.88. The fourth-order valence-electron chi connectivity index (χ4n) is 3.36. The third-order valence-electron chi connectivity index (χ3n) is 4.93. The maximum absolute atomic E-state index is 12.2. The van der Waals surface area contributed by atoms with Crippen LogP contribution in [-0.4, -0.2) is 35.2 Å². The normalized spacial score (nSPS) is 22.9. The molecule has 0 aliphatic heterocycles. The summed E-state index contributed by atoms with van der Waals surface area (Å²) in [5, 5.41) is 13.5. The van der Waals surface area contributed by atoms with Crippen LogP contribution in [0.15, 0.2) is 24.3 Å². The van der Waals surface area contributed by atoms with Crippen LogP contribution in [0.2, 0.25) is 0 Å². The number of Topliss-reactive ketones (excluding diaryl/α,β-unsaturated/α-hetero) is 1. The summed E-state index contributed by atoms with van der Waals surface area (Å²) in [7, 11) is 0. The second kappa shape index (κ2) is 8.75. The largest absolute Gasteiger partial charge is 0.453 e. The van der Waals surface area contributed by atoms with Crippen LogP contribution in [0.1, 0.15) is 32.3 Å². The predicted octanol–water partition coefficient (Wildman–Crippen LogP) is 2.37. The quantitative estimate of drug-likeness (QED) is 0.444. The van der Waals surface area contributed by atoms with Crippen LogP contribution >= 0.6 is 0 Å². The lowest BCUT2D eigenvalue weighted by Gasteiger charge is -2.18. The number of hydrogen-bond donors (Lipinski definition) is 1. The van der Waals surface area contributed by atoms with E-state index in [1.165, 1.54) is 6.92 Å². The molecule has 4 atom stereocenters. The van der Waals surface area contributed by atoms with E-state index in [1.54, 1.807) is 19.1 Å². The van der Waals surface area contributed by atoms with E-state index in [4.69, 9.17) is 4.74 Å². The third kappa shape index (κ3) is 5.60. The number of ketones is 1. The molecule has 0 radical (unpaired) electrons. The minimum Gasteiger partial charge on any atom is -0.453 e. The van der Waals surface area contributed by atoms with Gasteiger partial charge in [0.25, 0.3) is 5.91 Å². The third-order valence-corrected chi connectivity index (χ3v) is 4.93. The summed E-state index contributed by atoms with van der Waals surface area (Å²) in [6, 6.07) is 7.16. The molecule has 1 aromatic carbocycles. The van der Waals surface area contributed by atoms with Crippen molar-refractivity contribution in [3.63, 3.8) is 0 Å². The van der Waals surface area contributed by atoms with Gasteiger partial charge in [0.05, 0.1) is 6.42 Å². The van der Waals surface area contributed by atoms with E-state index in [1.807, 2.05) is 19.1 Å². The van der Waals surface area contributed by atoms with Crippen LogP contribution in [0.4, 0.5) is 5.69 Å². The summed E-state index contributed by atoms with van der Waals surface area (Å²) < 4.78 is 5.13. The average molecular weight is 376 g/mol. The van der Waals surface area contributed by atoms with E-state index in [0.29, 0.717) is 5.69 Å². The number of esters is 1. The number of anilines is 1. The summed E-state index contributed by atoms with van der Waals surface area (Å²) in [5.41, 5.74) is 1.63. The lowest BCUT2D eigenvalue weighted by molar-refractivity contribution is -0.490. The molecule has 0 bridgehead atoms. The van der Waals surface area contributed by atoms with E-state index in [2.05, 4.69) is 5.32 Å². The maximum atomic E-state index is 12.2. The van der Waals surface area contributed by atoms with Gasteiger partial charge in [0.2, 0.25) is 6.54 Å². The van der Waals surface area contributed by atoms with Gasteiger partial charge in [-0.1, -0.05) is 24.6 Å². The SMILES string of the molecule is Cc1ccc(NC(=O)[C@H](C)OC(=O)C[C@@H]2C(=O)C[C@@H](C)[C@H]2C[N+](=O)[O-])cc1. The van der Waals surface area contributed by atoms with Crippen LogP contribution in [0.3, 0.4) is 0 Å². The molecule has 0 heterocycles. The Kier molecular flexibility index (Phi) is 6.65. The fraction of sp³-hybridized carbons (Fsp3) is 0.526. The zero-order valence-corrected chi connectivity index (χ0v) is 15.6. The van der Waals surface area contributed by atoms with Gasteiger partial charge in [-0.05, 0) is 31.9 Å². The Labute approximate surface area is 157 Å². The summed E-state index contributed by atoms with van der Waals surface area (Å²) in [6.07, 6.45) is -1.06. The van der Waals surface area contributed by atoms with Crippen molar-refractivity contribution >= 4 is 23.3 Å². The highest BCUT2D eigenvalue weighted by Gasteiger charge is 2.44. The highest BCUT2D eigenvalue weighted by molar-refractivity contribution is 5.95. The van der Waals surface area contributed by atoms with Crippen molar-refractivity contribution in [1.82, 2.24) is 0 Å². The van der Waals surface area contributed by atoms with Crippen molar-refractivity contribution in [3.05, 3.63) is 39.9 Å². The van der Waals surface area contributed by atoms with Gasteiger partial charge < -0.3 is 10.1 Å². The molecular formula is C19H24N2O6. The molecule has 1 aromatic rings. The van der Waals surface area contributed by atoms with Gasteiger partial charge in [-0.2, -0.15) is 0 Å². The van der Waals surface area contributed by atoms with Crippen LogP contribution in [0.5, 0.6) is 0 Å². The number of ether oxygens (including phenoxy) is 1. The van der Waals surface area contributed by atoms with Crippen molar-refractivity contribution in [1.29, 1.82) is 0 Å². The maximum Gasteiger partial charge on any atom is 0.307 e. The zero-order chi connectivity index (χ0) is 20.1. The predicted molar refractivity (Wildman–Crippen MR) is 97.6 cm³/mol. The number of amides is 1. The van der Waals surface area contributed by atoms with E-state index < -0.39 is 34.7 Å². The smallest absolute Gasteiger partial charge is 0.307 e. The van der Waals surface area contributed by atoms with E-state index in [0.717, 1.165) is 5.56 Å². The van der Waals surface area contributed by atoms with Crippen LogP contribution in [-0.2, 0) is 19.1 Å². The van der Waals surface area contributed by atoms with E-state index in [-0.39, 0.29) is 31.1 Å². The molecule has 1 aliphatic rings. The molecule has 8 heteroatoms. The molecule has 1 fully saturated rings. The molecule has 1 amide bonds. The van der Waals surface area contributed by atoms with Gasteiger partial charge in [0.1, 0.15) is 5.78 Å². The Balaban J connectivity index is 1.91.